The lowest BCUT2D eigenvalue weighted by molar-refractivity contribution is -0.698. The van der Waals surface area contributed by atoms with Crippen molar-refractivity contribution in [2.75, 3.05) is 0 Å². The number of aromatic nitrogens is 2. The fraction of sp³-hybridized carbons (Fsp3) is 0.286. The molecule has 0 unspecified atom stereocenters. The standard InChI is InChI=1S/C14H17N4O2S/c1-11(2)17-10-12-4-6-13(7-5-12)21(19,20)18-14-15-8-3-9-16-14/h3-9,11,17H,10H2,1-2H3/q-1/p+1. The zero-order chi connectivity index (χ0) is 15.3. The van der Waals surface area contributed by atoms with Gasteiger partial charge in [0, 0.05) is 11.5 Å². The molecule has 112 valence electrons. The van der Waals surface area contributed by atoms with E-state index in [2.05, 4.69) is 33.9 Å². The maximum Gasteiger partial charge on any atom is 0.229 e. The Bertz CT molecular complexity index is 670. The summed E-state index contributed by atoms with van der Waals surface area (Å²) in [6, 6.07) is 8.82. The van der Waals surface area contributed by atoms with Crippen molar-refractivity contribution < 1.29 is 13.7 Å². The summed E-state index contributed by atoms with van der Waals surface area (Å²) >= 11 is 0. The summed E-state index contributed by atoms with van der Waals surface area (Å²) in [6.07, 6.45) is 2.90. The van der Waals surface area contributed by atoms with Crippen LogP contribution in [0.2, 0.25) is 0 Å². The van der Waals surface area contributed by atoms with Crippen molar-refractivity contribution in [3.8, 4) is 0 Å². The molecule has 0 radical (unpaired) electrons. The Morgan fingerprint density at radius 2 is 1.76 bits per heavy atom. The predicted octanol–water partition coefficient (Wildman–Crippen LogP) is 1.34. The molecule has 0 aliphatic carbocycles. The van der Waals surface area contributed by atoms with Gasteiger partial charge in [-0.3, -0.25) is 4.72 Å². The number of rotatable bonds is 6. The normalized spacial score (nSPS) is 11.6. The SMILES string of the molecule is CC(C)[NH2+]Cc1ccc(S(=O)(=O)[N-]c2ncccn2)cc1. The lowest BCUT2D eigenvalue weighted by atomic mass is 10.2. The minimum Gasteiger partial charge on any atom is -0.366 e. The topological polar surface area (TPSA) is 90.6 Å². The van der Waals surface area contributed by atoms with Crippen molar-refractivity contribution >= 4 is 16.0 Å². The Hall–Kier alpha value is -1.99. The first kappa shape index (κ1) is 15.4. The van der Waals surface area contributed by atoms with Crippen molar-refractivity contribution in [3.63, 3.8) is 0 Å². The highest BCUT2D eigenvalue weighted by atomic mass is 32.2. The first-order valence-corrected chi connectivity index (χ1v) is 8.09. The highest BCUT2D eigenvalue weighted by Gasteiger charge is 2.11. The molecule has 0 aliphatic heterocycles. The first-order valence-electron chi connectivity index (χ1n) is 6.65. The van der Waals surface area contributed by atoms with Gasteiger partial charge >= 0.3 is 0 Å². The summed E-state index contributed by atoms with van der Waals surface area (Å²) < 4.78 is 27.9. The van der Waals surface area contributed by atoms with Gasteiger partial charge in [0.05, 0.1) is 10.9 Å². The van der Waals surface area contributed by atoms with Crippen molar-refractivity contribution in [2.45, 2.75) is 31.3 Å². The second-order valence-electron chi connectivity index (χ2n) is 4.94. The van der Waals surface area contributed by atoms with E-state index in [1.807, 2.05) is 0 Å². The molecule has 6 nitrogen and oxygen atoms in total. The third-order valence-corrected chi connectivity index (χ3v) is 4.07. The van der Waals surface area contributed by atoms with Crippen LogP contribution >= 0.6 is 0 Å². The molecule has 0 fully saturated rings. The van der Waals surface area contributed by atoms with Crippen LogP contribution in [-0.2, 0) is 16.6 Å². The molecule has 2 N–H and O–H groups in total. The number of quaternary nitrogens is 1. The van der Waals surface area contributed by atoms with Gasteiger partial charge in [0.1, 0.15) is 6.54 Å². The molecular weight excluding hydrogens is 288 g/mol. The summed E-state index contributed by atoms with van der Waals surface area (Å²) in [5, 5.41) is 2.17. The molecule has 0 saturated heterocycles. The molecule has 1 aromatic heterocycles. The van der Waals surface area contributed by atoms with E-state index in [-0.39, 0.29) is 10.8 Å². The van der Waals surface area contributed by atoms with Gasteiger partial charge in [0.15, 0.2) is 0 Å². The van der Waals surface area contributed by atoms with Crippen molar-refractivity contribution in [1.82, 2.24) is 9.97 Å². The largest absolute Gasteiger partial charge is 0.366 e. The Morgan fingerprint density at radius 1 is 1.14 bits per heavy atom. The molecule has 7 heteroatoms. The molecule has 0 aliphatic rings. The summed E-state index contributed by atoms with van der Waals surface area (Å²) in [7, 11) is -3.77. The first-order chi connectivity index (χ1) is 9.97. The van der Waals surface area contributed by atoms with E-state index < -0.39 is 10.0 Å². The van der Waals surface area contributed by atoms with Crippen LogP contribution in [0.15, 0.2) is 47.6 Å². The van der Waals surface area contributed by atoms with Crippen molar-refractivity contribution in [1.29, 1.82) is 0 Å². The van der Waals surface area contributed by atoms with Gasteiger partial charge in [-0.05, 0) is 38.4 Å². The number of sulfonamides is 1. The van der Waals surface area contributed by atoms with Crippen LogP contribution in [0.4, 0.5) is 5.95 Å². The van der Waals surface area contributed by atoms with E-state index in [0.29, 0.717) is 6.04 Å². The van der Waals surface area contributed by atoms with Crippen LogP contribution in [-0.4, -0.2) is 24.4 Å². The van der Waals surface area contributed by atoms with E-state index in [9.17, 15) is 8.42 Å². The van der Waals surface area contributed by atoms with Crippen molar-refractivity contribution in [3.05, 3.63) is 53.0 Å². The summed E-state index contributed by atoms with van der Waals surface area (Å²) in [5.74, 6) is -0.0604. The summed E-state index contributed by atoms with van der Waals surface area (Å²) in [6.45, 7) is 5.03. The zero-order valence-electron chi connectivity index (χ0n) is 12.0. The van der Waals surface area contributed by atoms with Crippen LogP contribution in [0.1, 0.15) is 19.4 Å². The molecule has 1 aromatic carbocycles. The van der Waals surface area contributed by atoms with E-state index >= 15 is 0 Å². The lowest BCUT2D eigenvalue weighted by Gasteiger charge is -2.12. The molecule has 2 rings (SSSR count). The highest BCUT2D eigenvalue weighted by Crippen LogP contribution is 2.23. The lowest BCUT2D eigenvalue weighted by Crippen LogP contribution is -2.86. The number of hydrogen-bond acceptors (Lipinski definition) is 4. The van der Waals surface area contributed by atoms with Gasteiger partial charge < -0.3 is 15.3 Å². The van der Waals surface area contributed by atoms with Crippen LogP contribution < -0.4 is 5.32 Å². The number of nitrogens with two attached hydrogens (primary N) is 1. The van der Waals surface area contributed by atoms with Crippen LogP contribution in [0, 0.1) is 0 Å². The number of nitrogens with zero attached hydrogens (tertiary/aromatic N) is 3. The molecule has 0 bridgehead atoms. The molecule has 0 amide bonds. The highest BCUT2D eigenvalue weighted by molar-refractivity contribution is 7.94. The quantitative estimate of drug-likeness (QED) is 0.872. The minimum atomic E-state index is -3.77. The maximum atomic E-state index is 12.1. The van der Waals surface area contributed by atoms with Gasteiger partial charge in [-0.2, -0.15) is 0 Å². The molecule has 0 saturated carbocycles. The molecule has 0 spiro atoms. The van der Waals surface area contributed by atoms with Gasteiger partial charge in [-0.15, -0.1) is 0 Å². The zero-order valence-corrected chi connectivity index (χ0v) is 12.8. The van der Waals surface area contributed by atoms with Crippen LogP contribution in [0.5, 0.6) is 0 Å². The Kier molecular flexibility index (Phi) is 4.87. The Morgan fingerprint density at radius 3 is 2.33 bits per heavy atom. The number of hydrogen-bond donors (Lipinski definition) is 1. The van der Waals surface area contributed by atoms with E-state index in [4.69, 9.17) is 0 Å². The number of benzene rings is 1. The van der Waals surface area contributed by atoms with Gasteiger partial charge in [0.25, 0.3) is 0 Å². The van der Waals surface area contributed by atoms with Crippen molar-refractivity contribution in [2.24, 2.45) is 0 Å². The fourth-order valence-electron chi connectivity index (χ4n) is 1.67. The maximum absolute atomic E-state index is 12.1. The minimum absolute atomic E-state index is 0.0604. The summed E-state index contributed by atoms with van der Waals surface area (Å²) in [5.41, 5.74) is 1.07. The molecule has 1 heterocycles. The van der Waals surface area contributed by atoms with E-state index in [0.717, 1.165) is 12.1 Å². The average Bonchev–Trinajstić information content (AvgIpc) is 2.46. The van der Waals surface area contributed by atoms with Crippen LogP contribution in [0.25, 0.3) is 4.72 Å². The Balaban J connectivity index is 2.10. The molecule has 0 atom stereocenters. The third-order valence-electron chi connectivity index (χ3n) is 2.80. The molecule has 2 aromatic rings. The molecule has 21 heavy (non-hydrogen) atoms. The molecular formula is C14H18N4O2S. The average molecular weight is 306 g/mol. The third kappa shape index (κ3) is 4.51. The van der Waals surface area contributed by atoms with Gasteiger partial charge in [-0.25, -0.2) is 8.42 Å². The Labute approximate surface area is 124 Å². The second kappa shape index (κ2) is 6.64. The van der Waals surface area contributed by atoms with Gasteiger partial charge in [0.2, 0.25) is 10.0 Å². The fourth-order valence-corrected chi connectivity index (χ4v) is 2.56. The smallest absolute Gasteiger partial charge is 0.229 e. The monoisotopic (exact) mass is 306 g/mol. The van der Waals surface area contributed by atoms with Gasteiger partial charge in [-0.1, -0.05) is 18.2 Å². The van der Waals surface area contributed by atoms with Crippen LogP contribution in [0.3, 0.4) is 0 Å². The predicted molar refractivity (Wildman–Crippen MR) is 79.4 cm³/mol. The second-order valence-corrected chi connectivity index (χ2v) is 6.55. The van der Waals surface area contributed by atoms with E-state index in [1.165, 1.54) is 12.4 Å². The van der Waals surface area contributed by atoms with E-state index in [1.54, 1.807) is 30.3 Å². The summed E-state index contributed by atoms with van der Waals surface area (Å²) in [4.78, 5) is 7.73.